The maximum absolute atomic E-state index is 5.31. The van der Waals surface area contributed by atoms with Gasteiger partial charge >= 0.3 is 0 Å². The Bertz CT molecular complexity index is 767. The molecular formula is C14H13N3O3. The number of nitrogens with zero attached hydrogens (tertiary/aromatic N) is 3. The molecule has 0 amide bonds. The highest BCUT2D eigenvalue weighted by Gasteiger charge is 2.15. The number of methoxy groups -OCH3 is 2. The molecule has 6 nitrogen and oxygen atoms in total. The zero-order chi connectivity index (χ0) is 14.1. The first kappa shape index (κ1) is 12.4. The molecule has 0 unspecified atom stereocenters. The molecule has 0 saturated heterocycles. The van der Waals surface area contributed by atoms with Crippen molar-refractivity contribution in [3.8, 4) is 23.0 Å². The van der Waals surface area contributed by atoms with Crippen LogP contribution in [0.15, 0.2) is 28.8 Å². The number of ether oxygens (including phenoxy) is 2. The second kappa shape index (κ2) is 4.80. The van der Waals surface area contributed by atoms with Crippen LogP contribution in [0.2, 0.25) is 0 Å². The SMILES string of the molecule is COc1ccc2nc(OC)c(-c3noc(C)n3)cc2c1. The lowest BCUT2D eigenvalue weighted by atomic mass is 10.1. The maximum atomic E-state index is 5.31. The maximum Gasteiger partial charge on any atom is 0.225 e. The Morgan fingerprint density at radius 2 is 1.90 bits per heavy atom. The Kier molecular flexibility index (Phi) is 2.98. The van der Waals surface area contributed by atoms with E-state index >= 15 is 0 Å². The molecular weight excluding hydrogens is 258 g/mol. The molecule has 102 valence electrons. The van der Waals surface area contributed by atoms with Gasteiger partial charge in [0.2, 0.25) is 17.6 Å². The highest BCUT2D eigenvalue weighted by atomic mass is 16.5. The highest BCUT2D eigenvalue weighted by molar-refractivity contribution is 5.86. The van der Waals surface area contributed by atoms with E-state index in [0.717, 1.165) is 16.7 Å². The van der Waals surface area contributed by atoms with Gasteiger partial charge in [0, 0.05) is 12.3 Å². The minimum absolute atomic E-state index is 0.455. The highest BCUT2D eigenvalue weighted by Crippen LogP contribution is 2.31. The molecule has 0 bridgehead atoms. The van der Waals surface area contributed by atoms with Crippen LogP contribution >= 0.6 is 0 Å². The molecule has 0 N–H and O–H groups in total. The number of pyridine rings is 1. The van der Waals surface area contributed by atoms with Crippen molar-refractivity contribution in [1.29, 1.82) is 0 Å². The quantitative estimate of drug-likeness (QED) is 0.729. The Morgan fingerprint density at radius 3 is 2.55 bits per heavy atom. The summed E-state index contributed by atoms with van der Waals surface area (Å²) in [4.78, 5) is 8.67. The van der Waals surface area contributed by atoms with Crippen molar-refractivity contribution in [2.75, 3.05) is 14.2 Å². The van der Waals surface area contributed by atoms with Crippen molar-refractivity contribution in [3.05, 3.63) is 30.2 Å². The van der Waals surface area contributed by atoms with Crippen LogP contribution in [0, 0.1) is 6.92 Å². The predicted octanol–water partition coefficient (Wildman–Crippen LogP) is 2.61. The van der Waals surface area contributed by atoms with Gasteiger partial charge in [0.1, 0.15) is 5.75 Å². The number of aryl methyl sites for hydroxylation is 1. The van der Waals surface area contributed by atoms with E-state index in [0.29, 0.717) is 23.2 Å². The van der Waals surface area contributed by atoms with Gasteiger partial charge < -0.3 is 14.0 Å². The third-order valence-electron chi connectivity index (χ3n) is 2.95. The summed E-state index contributed by atoms with van der Waals surface area (Å²) in [5, 5.41) is 4.83. The van der Waals surface area contributed by atoms with E-state index < -0.39 is 0 Å². The third-order valence-corrected chi connectivity index (χ3v) is 2.95. The lowest BCUT2D eigenvalue weighted by molar-refractivity contribution is 0.390. The number of benzene rings is 1. The molecule has 3 aromatic rings. The van der Waals surface area contributed by atoms with Gasteiger partial charge in [0.25, 0.3) is 0 Å². The fourth-order valence-corrected chi connectivity index (χ4v) is 1.99. The van der Waals surface area contributed by atoms with E-state index in [4.69, 9.17) is 14.0 Å². The number of aromatic nitrogens is 3. The summed E-state index contributed by atoms with van der Waals surface area (Å²) >= 11 is 0. The first-order chi connectivity index (χ1) is 9.71. The van der Waals surface area contributed by atoms with E-state index in [-0.39, 0.29) is 0 Å². The van der Waals surface area contributed by atoms with Gasteiger partial charge in [-0.05, 0) is 24.3 Å². The monoisotopic (exact) mass is 271 g/mol. The number of rotatable bonds is 3. The summed E-state index contributed by atoms with van der Waals surface area (Å²) in [7, 11) is 3.19. The summed E-state index contributed by atoms with van der Waals surface area (Å²) in [6.07, 6.45) is 0. The van der Waals surface area contributed by atoms with E-state index in [1.54, 1.807) is 21.1 Å². The molecule has 0 fully saturated rings. The van der Waals surface area contributed by atoms with Gasteiger partial charge in [0.05, 0.1) is 25.3 Å². The minimum atomic E-state index is 0.455. The molecule has 0 spiro atoms. The molecule has 1 aromatic carbocycles. The Morgan fingerprint density at radius 1 is 1.05 bits per heavy atom. The van der Waals surface area contributed by atoms with Crippen molar-refractivity contribution in [2.24, 2.45) is 0 Å². The molecule has 20 heavy (non-hydrogen) atoms. The molecule has 0 saturated carbocycles. The van der Waals surface area contributed by atoms with Gasteiger partial charge in [-0.3, -0.25) is 0 Å². The summed E-state index contributed by atoms with van der Waals surface area (Å²) in [6, 6.07) is 7.54. The number of hydrogen-bond acceptors (Lipinski definition) is 6. The lowest BCUT2D eigenvalue weighted by Gasteiger charge is -2.07. The zero-order valence-electron chi connectivity index (χ0n) is 11.4. The third kappa shape index (κ3) is 2.05. The van der Waals surface area contributed by atoms with Crippen molar-refractivity contribution < 1.29 is 14.0 Å². The van der Waals surface area contributed by atoms with E-state index in [1.807, 2.05) is 24.3 Å². The van der Waals surface area contributed by atoms with Gasteiger partial charge in [-0.15, -0.1) is 0 Å². The van der Waals surface area contributed by atoms with E-state index in [9.17, 15) is 0 Å². The summed E-state index contributed by atoms with van der Waals surface area (Å²) in [6.45, 7) is 1.74. The van der Waals surface area contributed by atoms with Crippen LogP contribution in [-0.4, -0.2) is 29.3 Å². The van der Waals surface area contributed by atoms with Crippen molar-refractivity contribution in [2.45, 2.75) is 6.92 Å². The van der Waals surface area contributed by atoms with Crippen LogP contribution in [0.25, 0.3) is 22.3 Å². The Balaban J connectivity index is 2.23. The first-order valence-electron chi connectivity index (χ1n) is 6.04. The Hall–Kier alpha value is -2.63. The molecule has 0 radical (unpaired) electrons. The molecule has 2 aromatic heterocycles. The summed E-state index contributed by atoms with van der Waals surface area (Å²) in [5.41, 5.74) is 1.50. The molecule has 6 heteroatoms. The topological polar surface area (TPSA) is 70.3 Å². The smallest absolute Gasteiger partial charge is 0.225 e. The predicted molar refractivity (Wildman–Crippen MR) is 72.9 cm³/mol. The van der Waals surface area contributed by atoms with Crippen LogP contribution in [0.5, 0.6) is 11.6 Å². The lowest BCUT2D eigenvalue weighted by Crippen LogP contribution is -1.94. The van der Waals surface area contributed by atoms with Crippen molar-refractivity contribution in [1.82, 2.24) is 15.1 Å². The molecule has 2 heterocycles. The van der Waals surface area contributed by atoms with E-state index in [1.165, 1.54) is 0 Å². The van der Waals surface area contributed by atoms with Crippen molar-refractivity contribution >= 4 is 10.9 Å². The normalized spacial score (nSPS) is 10.8. The van der Waals surface area contributed by atoms with E-state index in [2.05, 4.69) is 15.1 Å². The average molecular weight is 271 g/mol. The molecule has 0 aliphatic carbocycles. The second-order valence-electron chi connectivity index (χ2n) is 4.24. The van der Waals surface area contributed by atoms with Crippen LogP contribution in [0.3, 0.4) is 0 Å². The van der Waals surface area contributed by atoms with Gasteiger partial charge in [0.15, 0.2) is 0 Å². The first-order valence-corrected chi connectivity index (χ1v) is 6.04. The number of fused-ring (bicyclic) bond motifs is 1. The zero-order valence-corrected chi connectivity index (χ0v) is 11.4. The van der Waals surface area contributed by atoms with Gasteiger partial charge in [-0.25, -0.2) is 4.98 Å². The van der Waals surface area contributed by atoms with Crippen LogP contribution in [0.4, 0.5) is 0 Å². The van der Waals surface area contributed by atoms with Gasteiger partial charge in [-0.1, -0.05) is 5.16 Å². The van der Waals surface area contributed by atoms with Gasteiger partial charge in [-0.2, -0.15) is 4.98 Å². The van der Waals surface area contributed by atoms with Crippen LogP contribution < -0.4 is 9.47 Å². The fourth-order valence-electron chi connectivity index (χ4n) is 1.99. The Labute approximate surface area is 115 Å². The standard InChI is InChI=1S/C14H13N3O3/c1-8-15-13(17-20-8)11-7-9-6-10(18-2)4-5-12(9)16-14(11)19-3/h4-7H,1-3H3. The fraction of sp³-hybridized carbons (Fsp3) is 0.214. The van der Waals surface area contributed by atoms with Crippen molar-refractivity contribution in [3.63, 3.8) is 0 Å². The summed E-state index contributed by atoms with van der Waals surface area (Å²) in [5.74, 6) is 2.17. The van der Waals surface area contributed by atoms with Crippen LogP contribution in [-0.2, 0) is 0 Å². The molecule has 0 aliphatic heterocycles. The largest absolute Gasteiger partial charge is 0.497 e. The summed E-state index contributed by atoms with van der Waals surface area (Å²) < 4.78 is 15.5. The average Bonchev–Trinajstić information content (AvgIpc) is 2.91. The number of hydrogen-bond donors (Lipinski definition) is 0. The minimum Gasteiger partial charge on any atom is -0.497 e. The molecule has 0 atom stereocenters. The molecule has 0 aliphatic rings. The second-order valence-corrected chi connectivity index (χ2v) is 4.24. The van der Waals surface area contributed by atoms with Crippen LogP contribution in [0.1, 0.15) is 5.89 Å². The molecule has 3 rings (SSSR count).